The Morgan fingerprint density at radius 2 is 1.72 bits per heavy atom. The van der Waals surface area contributed by atoms with E-state index < -0.39 is 10.0 Å². The standard InChI is InChI=1S/C21H31N3O4S/c1-3-24(19-9-5-4-6-10-19)21(26)18-8-7-11-20(16-18)29(27,28)23-14-12-22(13-15-23)17(2)25/h7-8,11,16,19H,3-6,9-10,12-15H2,1-2H3. The molecule has 8 heteroatoms. The summed E-state index contributed by atoms with van der Waals surface area (Å²) in [7, 11) is -3.70. The molecule has 1 aromatic carbocycles. The molecule has 29 heavy (non-hydrogen) atoms. The van der Waals surface area contributed by atoms with Gasteiger partial charge in [-0.3, -0.25) is 9.59 Å². The number of sulfonamides is 1. The molecule has 1 aliphatic carbocycles. The molecule has 1 saturated heterocycles. The summed E-state index contributed by atoms with van der Waals surface area (Å²) >= 11 is 0. The summed E-state index contributed by atoms with van der Waals surface area (Å²) in [5.74, 6) is -0.144. The lowest BCUT2D eigenvalue weighted by molar-refractivity contribution is -0.129. The van der Waals surface area contributed by atoms with Crippen LogP contribution in [0.4, 0.5) is 0 Å². The average Bonchev–Trinajstić information content (AvgIpc) is 2.75. The van der Waals surface area contributed by atoms with E-state index in [0.717, 1.165) is 25.7 Å². The molecular formula is C21H31N3O4S. The minimum absolute atomic E-state index is 0.0444. The van der Waals surface area contributed by atoms with Crippen LogP contribution in [0.5, 0.6) is 0 Å². The molecule has 3 rings (SSSR count). The first-order chi connectivity index (χ1) is 13.8. The molecule has 0 radical (unpaired) electrons. The Labute approximate surface area is 173 Å². The highest BCUT2D eigenvalue weighted by molar-refractivity contribution is 7.89. The van der Waals surface area contributed by atoms with E-state index >= 15 is 0 Å². The zero-order valence-electron chi connectivity index (χ0n) is 17.3. The lowest BCUT2D eigenvalue weighted by Crippen LogP contribution is -2.49. The number of piperazine rings is 1. The second-order valence-electron chi connectivity index (χ2n) is 7.82. The molecule has 7 nitrogen and oxygen atoms in total. The highest BCUT2D eigenvalue weighted by atomic mass is 32.2. The lowest BCUT2D eigenvalue weighted by Gasteiger charge is -2.34. The van der Waals surface area contributed by atoms with Crippen LogP contribution in [0, 0.1) is 0 Å². The quantitative estimate of drug-likeness (QED) is 0.731. The van der Waals surface area contributed by atoms with Crippen molar-refractivity contribution in [3.8, 4) is 0 Å². The number of amides is 2. The van der Waals surface area contributed by atoms with Crippen molar-refractivity contribution in [3.05, 3.63) is 29.8 Å². The molecule has 0 N–H and O–H groups in total. The van der Waals surface area contributed by atoms with Crippen LogP contribution in [-0.4, -0.2) is 73.1 Å². The van der Waals surface area contributed by atoms with Crippen LogP contribution < -0.4 is 0 Å². The summed E-state index contributed by atoms with van der Waals surface area (Å²) in [6.45, 7) is 5.39. The van der Waals surface area contributed by atoms with Crippen LogP contribution in [0.1, 0.15) is 56.3 Å². The van der Waals surface area contributed by atoms with Gasteiger partial charge in [-0.05, 0) is 38.0 Å². The second kappa shape index (κ2) is 9.26. The largest absolute Gasteiger partial charge is 0.340 e. The summed E-state index contributed by atoms with van der Waals surface area (Å²) in [5.41, 5.74) is 0.417. The van der Waals surface area contributed by atoms with Gasteiger partial charge in [-0.15, -0.1) is 0 Å². The maximum Gasteiger partial charge on any atom is 0.254 e. The van der Waals surface area contributed by atoms with Gasteiger partial charge in [0, 0.05) is 51.3 Å². The smallest absolute Gasteiger partial charge is 0.254 e. The first kappa shape index (κ1) is 21.8. The van der Waals surface area contributed by atoms with E-state index in [-0.39, 0.29) is 35.8 Å². The Kier molecular flexibility index (Phi) is 6.95. The third-order valence-electron chi connectivity index (χ3n) is 6.02. The normalized spacial score (nSPS) is 19.2. The van der Waals surface area contributed by atoms with E-state index in [0.29, 0.717) is 25.2 Å². The lowest BCUT2D eigenvalue weighted by atomic mass is 9.93. The Hall–Kier alpha value is -1.93. The summed E-state index contributed by atoms with van der Waals surface area (Å²) in [6, 6.07) is 6.61. The molecule has 1 saturated carbocycles. The number of rotatable bonds is 5. The number of hydrogen-bond donors (Lipinski definition) is 0. The van der Waals surface area contributed by atoms with Crippen molar-refractivity contribution in [1.29, 1.82) is 0 Å². The molecule has 2 fully saturated rings. The van der Waals surface area contributed by atoms with E-state index in [2.05, 4.69) is 0 Å². The number of hydrogen-bond acceptors (Lipinski definition) is 4. The van der Waals surface area contributed by atoms with Crippen molar-refractivity contribution in [2.24, 2.45) is 0 Å². The summed E-state index contributed by atoms with van der Waals surface area (Å²) < 4.78 is 27.6. The molecule has 0 spiro atoms. The monoisotopic (exact) mass is 421 g/mol. The van der Waals surface area contributed by atoms with Gasteiger partial charge in [0.2, 0.25) is 15.9 Å². The van der Waals surface area contributed by atoms with Gasteiger partial charge in [-0.1, -0.05) is 25.3 Å². The topological polar surface area (TPSA) is 78.0 Å². The van der Waals surface area contributed by atoms with E-state index in [4.69, 9.17) is 0 Å². The Morgan fingerprint density at radius 3 is 2.31 bits per heavy atom. The third-order valence-corrected chi connectivity index (χ3v) is 7.91. The van der Waals surface area contributed by atoms with Gasteiger partial charge < -0.3 is 9.80 Å². The summed E-state index contributed by atoms with van der Waals surface area (Å²) in [4.78, 5) is 28.3. The molecule has 0 unspecified atom stereocenters. The van der Waals surface area contributed by atoms with Crippen molar-refractivity contribution in [2.45, 2.75) is 56.9 Å². The van der Waals surface area contributed by atoms with Crippen LogP contribution in [0.2, 0.25) is 0 Å². The van der Waals surface area contributed by atoms with Crippen LogP contribution >= 0.6 is 0 Å². The number of carbonyl (C=O) groups is 2. The van der Waals surface area contributed by atoms with Gasteiger partial charge in [-0.25, -0.2) is 8.42 Å². The minimum atomic E-state index is -3.70. The van der Waals surface area contributed by atoms with Crippen molar-refractivity contribution < 1.29 is 18.0 Å². The molecule has 2 aliphatic rings. The first-order valence-corrected chi connectivity index (χ1v) is 11.9. The predicted molar refractivity (Wildman–Crippen MR) is 111 cm³/mol. The fraction of sp³-hybridized carbons (Fsp3) is 0.619. The SMILES string of the molecule is CCN(C(=O)c1cccc(S(=O)(=O)N2CCN(C(C)=O)CC2)c1)C1CCCCC1. The minimum Gasteiger partial charge on any atom is -0.340 e. The van der Waals surface area contributed by atoms with E-state index in [9.17, 15) is 18.0 Å². The molecule has 0 atom stereocenters. The first-order valence-electron chi connectivity index (χ1n) is 10.5. The van der Waals surface area contributed by atoms with Crippen molar-refractivity contribution in [1.82, 2.24) is 14.1 Å². The molecule has 1 aliphatic heterocycles. The van der Waals surface area contributed by atoms with Crippen LogP contribution in [-0.2, 0) is 14.8 Å². The second-order valence-corrected chi connectivity index (χ2v) is 9.76. The van der Waals surface area contributed by atoms with Gasteiger partial charge in [0.25, 0.3) is 5.91 Å². The molecule has 0 aromatic heterocycles. The zero-order valence-corrected chi connectivity index (χ0v) is 18.2. The highest BCUT2D eigenvalue weighted by Crippen LogP contribution is 2.25. The Bertz CT molecular complexity index is 841. The molecule has 1 aromatic rings. The number of nitrogens with zero attached hydrogens (tertiary/aromatic N) is 3. The average molecular weight is 422 g/mol. The van der Waals surface area contributed by atoms with Crippen LogP contribution in [0.3, 0.4) is 0 Å². The van der Waals surface area contributed by atoms with Gasteiger partial charge in [-0.2, -0.15) is 4.31 Å². The zero-order chi connectivity index (χ0) is 21.0. The van der Waals surface area contributed by atoms with Crippen LogP contribution in [0.25, 0.3) is 0 Å². The van der Waals surface area contributed by atoms with Gasteiger partial charge in [0.05, 0.1) is 4.90 Å². The van der Waals surface area contributed by atoms with Crippen molar-refractivity contribution in [3.63, 3.8) is 0 Å². The van der Waals surface area contributed by atoms with Crippen LogP contribution in [0.15, 0.2) is 29.2 Å². The Balaban J connectivity index is 1.77. The third kappa shape index (κ3) is 4.80. The van der Waals surface area contributed by atoms with Gasteiger partial charge >= 0.3 is 0 Å². The summed E-state index contributed by atoms with van der Waals surface area (Å²) in [5, 5.41) is 0. The predicted octanol–water partition coefficient (Wildman–Crippen LogP) is 2.33. The summed E-state index contributed by atoms with van der Waals surface area (Å²) in [6.07, 6.45) is 5.51. The van der Waals surface area contributed by atoms with Crippen molar-refractivity contribution >= 4 is 21.8 Å². The fourth-order valence-electron chi connectivity index (χ4n) is 4.31. The van der Waals surface area contributed by atoms with E-state index in [1.165, 1.54) is 23.7 Å². The van der Waals surface area contributed by atoms with Gasteiger partial charge in [0.15, 0.2) is 0 Å². The highest BCUT2D eigenvalue weighted by Gasteiger charge is 2.31. The molecule has 160 valence electrons. The Morgan fingerprint density at radius 1 is 1.07 bits per heavy atom. The number of benzene rings is 1. The fourth-order valence-corrected chi connectivity index (χ4v) is 5.78. The van der Waals surface area contributed by atoms with Crippen molar-refractivity contribution in [2.75, 3.05) is 32.7 Å². The number of carbonyl (C=O) groups excluding carboxylic acids is 2. The molecule has 2 amide bonds. The molecular weight excluding hydrogens is 390 g/mol. The molecule has 1 heterocycles. The van der Waals surface area contributed by atoms with E-state index in [1.54, 1.807) is 23.1 Å². The van der Waals surface area contributed by atoms with E-state index in [1.807, 2.05) is 11.8 Å². The molecule has 0 bridgehead atoms. The maximum absolute atomic E-state index is 13.1. The van der Waals surface area contributed by atoms with Gasteiger partial charge in [0.1, 0.15) is 0 Å². The maximum atomic E-state index is 13.1.